The third kappa shape index (κ3) is 3.01. The van der Waals surface area contributed by atoms with Crippen LogP contribution in [0, 0.1) is 0 Å². The molecule has 1 unspecified atom stereocenters. The number of nitrogens with two attached hydrogens (primary N) is 1. The molecule has 0 amide bonds. The van der Waals surface area contributed by atoms with E-state index in [4.69, 9.17) is 5.84 Å². The first-order chi connectivity index (χ1) is 10.1. The average molecular weight is 287 g/mol. The second-order valence-electron chi connectivity index (χ2n) is 7.23. The molecule has 0 aromatic heterocycles. The molecule has 1 aromatic carbocycles. The Kier molecular flexibility index (Phi) is 4.34. The zero-order valence-corrected chi connectivity index (χ0v) is 13.5. The number of hydrogen-bond donors (Lipinski definition) is 2. The summed E-state index contributed by atoms with van der Waals surface area (Å²) >= 11 is 0. The molecule has 3 heteroatoms. The summed E-state index contributed by atoms with van der Waals surface area (Å²) in [5.41, 5.74) is 7.73. The van der Waals surface area contributed by atoms with Gasteiger partial charge < -0.3 is 0 Å². The van der Waals surface area contributed by atoms with Crippen molar-refractivity contribution in [1.29, 1.82) is 0 Å². The summed E-state index contributed by atoms with van der Waals surface area (Å²) < 4.78 is 0. The topological polar surface area (TPSA) is 41.3 Å². The molecule has 1 aliphatic carbocycles. The van der Waals surface area contributed by atoms with Crippen LogP contribution in [0.15, 0.2) is 18.2 Å². The van der Waals surface area contributed by atoms with Gasteiger partial charge in [0.2, 0.25) is 0 Å². The number of benzene rings is 1. The molecule has 0 bridgehead atoms. The second-order valence-corrected chi connectivity index (χ2v) is 7.23. The molecular weight excluding hydrogens is 258 g/mol. The molecule has 3 nitrogen and oxygen atoms in total. The molecule has 1 fully saturated rings. The van der Waals surface area contributed by atoms with E-state index in [1.807, 2.05) is 0 Å². The fourth-order valence-electron chi connectivity index (χ4n) is 4.01. The fraction of sp³-hybridized carbons (Fsp3) is 0.667. The summed E-state index contributed by atoms with van der Waals surface area (Å²) in [6.45, 7) is 7.07. The largest absolute Gasteiger partial charge is 0.297 e. The van der Waals surface area contributed by atoms with E-state index < -0.39 is 0 Å². The van der Waals surface area contributed by atoms with Crippen LogP contribution in [0.2, 0.25) is 0 Å². The van der Waals surface area contributed by atoms with Gasteiger partial charge in [-0.05, 0) is 82.2 Å². The van der Waals surface area contributed by atoms with E-state index in [1.54, 1.807) is 11.1 Å². The predicted molar refractivity (Wildman–Crippen MR) is 88.2 cm³/mol. The molecule has 1 aromatic rings. The van der Waals surface area contributed by atoms with Crippen LogP contribution in [0.3, 0.4) is 0 Å². The minimum Gasteiger partial charge on any atom is -0.297 e. The Bertz CT molecular complexity index is 489. The molecule has 1 saturated heterocycles. The Hall–Kier alpha value is -0.900. The van der Waals surface area contributed by atoms with Gasteiger partial charge in [0.15, 0.2) is 0 Å². The molecule has 1 aliphatic heterocycles. The highest BCUT2D eigenvalue weighted by Gasteiger charge is 2.36. The maximum atomic E-state index is 5.91. The van der Waals surface area contributed by atoms with E-state index in [2.05, 4.69) is 42.4 Å². The number of likely N-dealkylation sites (tertiary alicyclic amines) is 1. The van der Waals surface area contributed by atoms with Crippen molar-refractivity contribution in [3.8, 4) is 0 Å². The minimum absolute atomic E-state index is 0.101. The number of hydrazine groups is 1. The van der Waals surface area contributed by atoms with Gasteiger partial charge in [-0.3, -0.25) is 16.2 Å². The summed E-state index contributed by atoms with van der Waals surface area (Å²) in [6.07, 6.45) is 7.47. The van der Waals surface area contributed by atoms with Gasteiger partial charge in [-0.1, -0.05) is 18.2 Å². The summed E-state index contributed by atoms with van der Waals surface area (Å²) in [7, 11) is 0. The average Bonchev–Trinajstić information content (AvgIpc) is 3.14. The third-order valence-electron chi connectivity index (χ3n) is 5.58. The van der Waals surface area contributed by atoms with E-state index in [1.165, 1.54) is 50.8 Å². The SMILES string of the molecule is CC(C)(C(Cc1ccc2c(c1)CCC2)NN)N1CCCC1. The summed E-state index contributed by atoms with van der Waals surface area (Å²) in [4.78, 5) is 2.59. The van der Waals surface area contributed by atoms with Crippen LogP contribution in [-0.4, -0.2) is 29.6 Å². The van der Waals surface area contributed by atoms with Gasteiger partial charge in [0.1, 0.15) is 0 Å². The lowest BCUT2D eigenvalue weighted by Crippen LogP contribution is -2.59. The van der Waals surface area contributed by atoms with Crippen LogP contribution in [0.4, 0.5) is 0 Å². The van der Waals surface area contributed by atoms with E-state index >= 15 is 0 Å². The van der Waals surface area contributed by atoms with E-state index in [0.717, 1.165) is 6.42 Å². The van der Waals surface area contributed by atoms with Gasteiger partial charge in [0.25, 0.3) is 0 Å². The van der Waals surface area contributed by atoms with E-state index in [-0.39, 0.29) is 11.6 Å². The van der Waals surface area contributed by atoms with Crippen molar-refractivity contribution >= 4 is 0 Å². The van der Waals surface area contributed by atoms with Gasteiger partial charge >= 0.3 is 0 Å². The van der Waals surface area contributed by atoms with Gasteiger partial charge in [-0.15, -0.1) is 0 Å². The standard InChI is InChI=1S/C18H29N3/c1-18(2,21-10-3-4-11-21)17(20-19)13-14-8-9-15-6-5-7-16(15)12-14/h8-9,12,17,20H,3-7,10-11,13,19H2,1-2H3. The molecule has 0 radical (unpaired) electrons. The molecular formula is C18H29N3. The Morgan fingerprint density at radius 2 is 1.86 bits per heavy atom. The lowest BCUT2D eigenvalue weighted by molar-refractivity contribution is 0.106. The maximum Gasteiger partial charge on any atom is 0.0429 e. The van der Waals surface area contributed by atoms with Gasteiger partial charge in [0.05, 0.1) is 0 Å². The van der Waals surface area contributed by atoms with E-state index in [9.17, 15) is 0 Å². The van der Waals surface area contributed by atoms with Crippen molar-refractivity contribution in [2.75, 3.05) is 13.1 Å². The van der Waals surface area contributed by atoms with Crippen LogP contribution >= 0.6 is 0 Å². The minimum atomic E-state index is 0.101. The van der Waals surface area contributed by atoms with Crippen LogP contribution in [0.1, 0.15) is 49.8 Å². The molecule has 116 valence electrons. The Balaban J connectivity index is 1.74. The van der Waals surface area contributed by atoms with Crippen LogP contribution < -0.4 is 11.3 Å². The van der Waals surface area contributed by atoms with Crippen molar-refractivity contribution in [2.45, 2.75) is 64.0 Å². The first-order valence-corrected chi connectivity index (χ1v) is 8.43. The van der Waals surface area contributed by atoms with Crippen molar-refractivity contribution in [3.05, 3.63) is 34.9 Å². The van der Waals surface area contributed by atoms with Crippen molar-refractivity contribution in [3.63, 3.8) is 0 Å². The van der Waals surface area contributed by atoms with Gasteiger partial charge in [-0.2, -0.15) is 0 Å². The van der Waals surface area contributed by atoms with Crippen LogP contribution in [0.25, 0.3) is 0 Å². The quantitative estimate of drug-likeness (QED) is 0.645. The lowest BCUT2D eigenvalue weighted by atomic mass is 9.87. The monoisotopic (exact) mass is 287 g/mol. The van der Waals surface area contributed by atoms with Gasteiger partial charge in [-0.25, -0.2) is 0 Å². The molecule has 21 heavy (non-hydrogen) atoms. The van der Waals surface area contributed by atoms with Crippen molar-refractivity contribution < 1.29 is 0 Å². The smallest absolute Gasteiger partial charge is 0.0429 e. The van der Waals surface area contributed by atoms with Crippen molar-refractivity contribution in [1.82, 2.24) is 10.3 Å². The number of aryl methyl sites for hydroxylation is 2. The van der Waals surface area contributed by atoms with Gasteiger partial charge in [0, 0.05) is 11.6 Å². The molecule has 2 aliphatic rings. The molecule has 1 atom stereocenters. The number of nitrogens with one attached hydrogen (secondary N) is 1. The number of hydrogen-bond acceptors (Lipinski definition) is 3. The van der Waals surface area contributed by atoms with Crippen LogP contribution in [0.5, 0.6) is 0 Å². The summed E-state index contributed by atoms with van der Waals surface area (Å²) in [5.74, 6) is 5.91. The molecule has 3 rings (SSSR count). The Labute approximate surface area is 128 Å². The third-order valence-corrected chi connectivity index (χ3v) is 5.58. The summed E-state index contributed by atoms with van der Waals surface area (Å²) in [5, 5.41) is 0. The first-order valence-electron chi connectivity index (χ1n) is 8.43. The maximum absolute atomic E-state index is 5.91. The molecule has 1 heterocycles. The fourth-order valence-corrected chi connectivity index (χ4v) is 4.01. The normalized spacial score (nSPS) is 20.7. The summed E-state index contributed by atoms with van der Waals surface area (Å²) in [6, 6.07) is 7.32. The number of fused-ring (bicyclic) bond motifs is 1. The van der Waals surface area contributed by atoms with E-state index in [0.29, 0.717) is 0 Å². The highest BCUT2D eigenvalue weighted by Crippen LogP contribution is 2.28. The highest BCUT2D eigenvalue weighted by molar-refractivity contribution is 5.35. The second kappa shape index (κ2) is 6.07. The van der Waals surface area contributed by atoms with Crippen molar-refractivity contribution in [2.24, 2.45) is 5.84 Å². The molecule has 3 N–H and O–H groups in total. The molecule has 0 spiro atoms. The lowest BCUT2D eigenvalue weighted by Gasteiger charge is -2.42. The first kappa shape index (κ1) is 15.0. The Morgan fingerprint density at radius 1 is 1.14 bits per heavy atom. The highest BCUT2D eigenvalue weighted by atomic mass is 15.3. The zero-order valence-electron chi connectivity index (χ0n) is 13.5. The zero-order chi connectivity index (χ0) is 14.9. The number of nitrogens with zero attached hydrogens (tertiary/aromatic N) is 1. The predicted octanol–water partition coefficient (Wildman–Crippen LogP) is 2.42. The molecule has 0 saturated carbocycles. The Morgan fingerprint density at radius 3 is 2.57 bits per heavy atom. The number of rotatable bonds is 5. The van der Waals surface area contributed by atoms with Crippen LogP contribution in [-0.2, 0) is 19.3 Å².